The Morgan fingerprint density at radius 3 is 1.69 bits per heavy atom. The normalized spacial score (nSPS) is 10.6. The van der Waals surface area contributed by atoms with Crippen LogP contribution in [-0.4, -0.2) is 52.8 Å². The largest absolute Gasteiger partial charge is 0.382 e. The van der Waals surface area contributed by atoms with E-state index in [1.165, 1.54) is 0 Å². The summed E-state index contributed by atoms with van der Waals surface area (Å²) >= 11 is 5.28. The molecule has 4 nitrogen and oxygen atoms in total. The standard InChI is InChI=1S/C8H17ClO4/c1-10-2-3-11-4-5-12-6-7-13-8-9/h2-8H2,1H3. The van der Waals surface area contributed by atoms with Crippen molar-refractivity contribution >= 4 is 11.6 Å². The van der Waals surface area contributed by atoms with Gasteiger partial charge in [0.05, 0.1) is 39.6 Å². The quantitative estimate of drug-likeness (QED) is 0.398. The molecule has 0 heterocycles. The first-order valence-electron chi connectivity index (χ1n) is 4.20. The fourth-order valence-electron chi connectivity index (χ4n) is 0.637. The molecular formula is C8H17ClO4. The Balaban J connectivity index is 2.76. The maximum atomic E-state index is 5.28. The lowest BCUT2D eigenvalue weighted by atomic mass is 10.7. The molecule has 0 aromatic rings. The van der Waals surface area contributed by atoms with E-state index in [1.54, 1.807) is 7.11 Å². The molecule has 80 valence electrons. The lowest BCUT2D eigenvalue weighted by molar-refractivity contribution is 0.00881. The molecule has 0 unspecified atom stereocenters. The van der Waals surface area contributed by atoms with Gasteiger partial charge in [0.1, 0.15) is 6.07 Å². The van der Waals surface area contributed by atoms with Crippen molar-refractivity contribution in [2.24, 2.45) is 0 Å². The maximum absolute atomic E-state index is 5.28. The molecule has 0 saturated heterocycles. The molecular weight excluding hydrogens is 196 g/mol. The van der Waals surface area contributed by atoms with Gasteiger partial charge in [0.25, 0.3) is 0 Å². The highest BCUT2D eigenvalue weighted by Gasteiger charge is 1.89. The molecule has 0 bridgehead atoms. The summed E-state index contributed by atoms with van der Waals surface area (Å²) in [6.45, 7) is 3.48. The predicted octanol–water partition coefficient (Wildman–Crippen LogP) is 0.879. The van der Waals surface area contributed by atoms with E-state index in [1.807, 2.05) is 0 Å². The maximum Gasteiger partial charge on any atom is 0.120 e. The molecule has 0 rings (SSSR count). The first-order valence-corrected chi connectivity index (χ1v) is 4.73. The lowest BCUT2D eigenvalue weighted by Gasteiger charge is -2.04. The number of hydrogen-bond acceptors (Lipinski definition) is 4. The Morgan fingerprint density at radius 1 is 0.769 bits per heavy atom. The highest BCUT2D eigenvalue weighted by molar-refractivity contribution is 6.17. The van der Waals surface area contributed by atoms with Crippen LogP contribution in [0, 0.1) is 0 Å². The van der Waals surface area contributed by atoms with E-state index in [4.69, 9.17) is 30.5 Å². The molecule has 13 heavy (non-hydrogen) atoms. The van der Waals surface area contributed by atoms with Crippen LogP contribution in [0.1, 0.15) is 0 Å². The Labute approximate surface area is 84.1 Å². The zero-order valence-electron chi connectivity index (χ0n) is 7.96. The third kappa shape index (κ3) is 12.1. The molecule has 0 spiro atoms. The number of alkyl halides is 1. The molecule has 0 aromatic carbocycles. The first-order chi connectivity index (χ1) is 6.41. The van der Waals surface area contributed by atoms with Crippen LogP contribution in [0.15, 0.2) is 0 Å². The summed E-state index contributed by atoms with van der Waals surface area (Å²) in [5, 5.41) is 0. The average Bonchev–Trinajstić information content (AvgIpc) is 2.16. The minimum Gasteiger partial charge on any atom is -0.382 e. The number of halogens is 1. The molecule has 0 atom stereocenters. The number of methoxy groups -OCH3 is 1. The average molecular weight is 213 g/mol. The molecule has 0 amide bonds. The molecule has 0 aliphatic heterocycles. The van der Waals surface area contributed by atoms with Gasteiger partial charge in [-0.15, -0.1) is 0 Å². The molecule has 0 aliphatic rings. The zero-order chi connectivity index (χ0) is 9.78. The van der Waals surface area contributed by atoms with Gasteiger partial charge in [0, 0.05) is 7.11 Å². The summed E-state index contributed by atoms with van der Waals surface area (Å²) in [5.41, 5.74) is 0. The summed E-state index contributed by atoms with van der Waals surface area (Å²) in [4.78, 5) is 0. The minimum absolute atomic E-state index is 0.216. The van der Waals surface area contributed by atoms with Crippen molar-refractivity contribution in [3.8, 4) is 0 Å². The van der Waals surface area contributed by atoms with Crippen LogP contribution in [0.3, 0.4) is 0 Å². The van der Waals surface area contributed by atoms with Crippen LogP contribution >= 0.6 is 11.6 Å². The molecule has 0 fully saturated rings. The lowest BCUT2D eigenvalue weighted by Crippen LogP contribution is -2.10. The van der Waals surface area contributed by atoms with Crippen LogP contribution in [0.25, 0.3) is 0 Å². The Kier molecular flexibility index (Phi) is 12.3. The summed E-state index contributed by atoms with van der Waals surface area (Å²) in [6.07, 6.45) is 0. The number of rotatable bonds is 10. The van der Waals surface area contributed by atoms with Crippen LogP contribution in [-0.2, 0) is 18.9 Å². The molecule has 0 N–H and O–H groups in total. The number of hydrogen-bond donors (Lipinski definition) is 0. The Bertz CT molecular complexity index is 82.2. The van der Waals surface area contributed by atoms with Crippen molar-refractivity contribution in [3.63, 3.8) is 0 Å². The molecule has 5 heteroatoms. The zero-order valence-corrected chi connectivity index (χ0v) is 8.72. The SMILES string of the molecule is COCCOCCOCCOCCl. The van der Waals surface area contributed by atoms with Crippen LogP contribution in [0.2, 0.25) is 0 Å². The molecule has 0 saturated carbocycles. The third-order valence-corrected chi connectivity index (χ3v) is 1.41. The monoisotopic (exact) mass is 212 g/mol. The van der Waals surface area contributed by atoms with Gasteiger partial charge in [-0.25, -0.2) is 0 Å². The fourth-order valence-corrected chi connectivity index (χ4v) is 0.746. The van der Waals surface area contributed by atoms with E-state index >= 15 is 0 Å². The van der Waals surface area contributed by atoms with Crippen LogP contribution in [0.4, 0.5) is 0 Å². The van der Waals surface area contributed by atoms with Gasteiger partial charge < -0.3 is 18.9 Å². The van der Waals surface area contributed by atoms with Gasteiger partial charge in [-0.3, -0.25) is 0 Å². The fraction of sp³-hybridized carbons (Fsp3) is 1.00. The van der Waals surface area contributed by atoms with Crippen LogP contribution in [0.5, 0.6) is 0 Å². The summed E-state index contributed by atoms with van der Waals surface area (Å²) in [7, 11) is 1.64. The highest BCUT2D eigenvalue weighted by atomic mass is 35.5. The van der Waals surface area contributed by atoms with E-state index in [2.05, 4.69) is 0 Å². The van der Waals surface area contributed by atoms with Crippen molar-refractivity contribution in [2.45, 2.75) is 0 Å². The van der Waals surface area contributed by atoms with Gasteiger partial charge in [0.15, 0.2) is 0 Å². The van der Waals surface area contributed by atoms with Crippen molar-refractivity contribution in [2.75, 3.05) is 52.8 Å². The summed E-state index contributed by atoms with van der Waals surface area (Å²) < 4.78 is 20.0. The van der Waals surface area contributed by atoms with Gasteiger partial charge >= 0.3 is 0 Å². The predicted molar refractivity (Wildman–Crippen MR) is 50.2 cm³/mol. The second kappa shape index (κ2) is 12.1. The van der Waals surface area contributed by atoms with Crippen molar-refractivity contribution in [1.82, 2.24) is 0 Å². The van der Waals surface area contributed by atoms with E-state index < -0.39 is 0 Å². The van der Waals surface area contributed by atoms with Gasteiger partial charge in [-0.2, -0.15) is 0 Å². The van der Waals surface area contributed by atoms with E-state index in [9.17, 15) is 0 Å². The minimum atomic E-state index is 0.216. The van der Waals surface area contributed by atoms with Gasteiger partial charge in [0.2, 0.25) is 0 Å². The first kappa shape index (κ1) is 13.1. The third-order valence-electron chi connectivity index (χ3n) is 1.25. The van der Waals surface area contributed by atoms with Crippen LogP contribution < -0.4 is 0 Å². The highest BCUT2D eigenvalue weighted by Crippen LogP contribution is 1.82. The van der Waals surface area contributed by atoms with E-state index in [0.717, 1.165) is 0 Å². The number of ether oxygens (including phenoxy) is 4. The molecule has 0 aromatic heterocycles. The van der Waals surface area contributed by atoms with Crippen molar-refractivity contribution < 1.29 is 18.9 Å². The van der Waals surface area contributed by atoms with E-state index in [-0.39, 0.29) is 6.07 Å². The second-order valence-corrected chi connectivity index (χ2v) is 2.45. The molecule has 0 radical (unpaired) electrons. The second-order valence-electron chi connectivity index (χ2n) is 2.23. The Hall–Kier alpha value is 0.130. The smallest absolute Gasteiger partial charge is 0.120 e. The summed E-state index contributed by atoms with van der Waals surface area (Å²) in [6, 6.07) is 0.216. The van der Waals surface area contributed by atoms with Gasteiger partial charge in [-0.05, 0) is 0 Å². The van der Waals surface area contributed by atoms with Crippen molar-refractivity contribution in [1.29, 1.82) is 0 Å². The Morgan fingerprint density at radius 2 is 1.23 bits per heavy atom. The van der Waals surface area contributed by atoms with Gasteiger partial charge in [-0.1, -0.05) is 11.6 Å². The summed E-state index contributed by atoms with van der Waals surface area (Å²) in [5.74, 6) is 0. The topological polar surface area (TPSA) is 36.9 Å². The molecule has 0 aliphatic carbocycles. The van der Waals surface area contributed by atoms with E-state index in [0.29, 0.717) is 39.6 Å². The van der Waals surface area contributed by atoms with Crippen molar-refractivity contribution in [3.05, 3.63) is 0 Å².